The molecule has 0 aliphatic rings. The molecule has 0 fully saturated rings. The van der Waals surface area contributed by atoms with Crippen molar-refractivity contribution < 1.29 is 9.90 Å². The van der Waals surface area contributed by atoms with Crippen molar-refractivity contribution in [3.63, 3.8) is 0 Å². The van der Waals surface area contributed by atoms with Gasteiger partial charge >= 0.3 is 0 Å². The summed E-state index contributed by atoms with van der Waals surface area (Å²) in [5, 5.41) is 20.1. The molecule has 0 saturated carbocycles. The predicted octanol–water partition coefficient (Wildman–Crippen LogP) is 5.15. The molecule has 0 amide bonds. The summed E-state index contributed by atoms with van der Waals surface area (Å²) in [4.78, 5) is 17.1. The fraction of sp³-hybridized carbons (Fsp3) is 0.417. The molecule has 2 aromatic heterocycles. The van der Waals surface area contributed by atoms with Gasteiger partial charge < -0.3 is 9.67 Å². The number of carbonyl (C=O) groups excluding carboxylic acids is 1. The second-order valence-corrected chi connectivity index (χ2v) is 10.7. The lowest BCUT2D eigenvalue weighted by molar-refractivity contribution is 0.102. The molecule has 0 saturated heterocycles. The Hall–Kier alpha value is -2.67. The molecule has 6 nitrogen and oxygen atoms in total. The largest absolute Gasteiger partial charge is 0.507 e. The highest BCUT2D eigenvalue weighted by atomic mass is 32.2. The van der Waals surface area contributed by atoms with Crippen LogP contribution >= 0.6 is 11.8 Å². The van der Waals surface area contributed by atoms with Gasteiger partial charge in [-0.15, -0.1) is 10.2 Å². The lowest BCUT2D eigenvalue weighted by Gasteiger charge is -2.28. The van der Waals surface area contributed by atoms with Crippen molar-refractivity contribution in [1.29, 1.82) is 0 Å². The van der Waals surface area contributed by atoms with Crippen LogP contribution in [0, 0.1) is 0 Å². The van der Waals surface area contributed by atoms with E-state index in [4.69, 9.17) is 0 Å². The highest BCUT2D eigenvalue weighted by Crippen LogP contribution is 2.40. The van der Waals surface area contributed by atoms with E-state index < -0.39 is 0 Å². The van der Waals surface area contributed by atoms with Crippen LogP contribution in [0.25, 0.3) is 11.4 Å². The van der Waals surface area contributed by atoms with Crippen molar-refractivity contribution in [1.82, 2.24) is 19.7 Å². The summed E-state index contributed by atoms with van der Waals surface area (Å²) in [6, 6.07) is 7.41. The average molecular weight is 439 g/mol. The second-order valence-electron chi connectivity index (χ2n) is 9.73. The van der Waals surface area contributed by atoms with Crippen molar-refractivity contribution in [3.05, 3.63) is 53.3 Å². The number of rotatable bonds is 5. The Labute approximate surface area is 188 Å². The minimum absolute atomic E-state index is 0.00513. The number of aromatic hydroxyl groups is 1. The van der Waals surface area contributed by atoms with Crippen LogP contribution in [0.5, 0.6) is 5.75 Å². The zero-order valence-corrected chi connectivity index (χ0v) is 20.0. The van der Waals surface area contributed by atoms with Crippen molar-refractivity contribution >= 4 is 17.5 Å². The number of ketones is 1. The summed E-state index contributed by atoms with van der Waals surface area (Å²) < 4.78 is 1.88. The van der Waals surface area contributed by atoms with Crippen molar-refractivity contribution in [3.8, 4) is 17.1 Å². The van der Waals surface area contributed by atoms with E-state index in [0.29, 0.717) is 10.7 Å². The van der Waals surface area contributed by atoms with Gasteiger partial charge in [0, 0.05) is 41.7 Å². The molecule has 3 rings (SSSR count). The molecule has 0 radical (unpaired) electrons. The second kappa shape index (κ2) is 8.46. The summed E-state index contributed by atoms with van der Waals surface area (Å²) >= 11 is 1.36. The molecule has 0 spiro atoms. The van der Waals surface area contributed by atoms with Crippen LogP contribution in [-0.2, 0) is 17.9 Å². The molecule has 31 heavy (non-hydrogen) atoms. The van der Waals surface area contributed by atoms with E-state index in [9.17, 15) is 9.90 Å². The number of nitrogens with zero attached hydrogens (tertiary/aromatic N) is 4. The summed E-state index contributed by atoms with van der Waals surface area (Å²) in [6.07, 6.45) is 3.43. The number of benzene rings is 1. The Morgan fingerprint density at radius 3 is 2.06 bits per heavy atom. The Balaban J connectivity index is 1.87. The number of aromatic nitrogens is 4. The molecule has 0 unspecified atom stereocenters. The number of hydrogen-bond donors (Lipinski definition) is 1. The van der Waals surface area contributed by atoms with Crippen molar-refractivity contribution in [2.24, 2.45) is 7.05 Å². The quantitative estimate of drug-likeness (QED) is 0.438. The van der Waals surface area contributed by atoms with Gasteiger partial charge in [0.15, 0.2) is 16.8 Å². The zero-order chi connectivity index (χ0) is 23.0. The molecule has 7 heteroatoms. The monoisotopic (exact) mass is 438 g/mol. The van der Waals surface area contributed by atoms with E-state index >= 15 is 0 Å². The number of Topliss-reactive ketones (excluding diaryl/α,β-unsaturated/α-hetero) is 1. The number of hydrogen-bond acceptors (Lipinski definition) is 6. The Bertz CT molecular complexity index is 1060. The maximum Gasteiger partial charge on any atom is 0.191 e. The Morgan fingerprint density at radius 1 is 1.00 bits per heavy atom. The maximum atomic E-state index is 13.1. The molecule has 1 aromatic carbocycles. The molecular formula is C24H30N4O2S. The summed E-state index contributed by atoms with van der Waals surface area (Å²) in [5.74, 6) is 1.24. The minimum Gasteiger partial charge on any atom is -0.507 e. The third-order valence-electron chi connectivity index (χ3n) is 5.15. The summed E-state index contributed by atoms with van der Waals surface area (Å²) in [7, 11) is 1.89. The highest BCUT2D eigenvalue weighted by molar-refractivity contribution is 7.99. The average Bonchev–Trinajstić information content (AvgIpc) is 3.05. The van der Waals surface area contributed by atoms with Crippen LogP contribution in [0.1, 0.15) is 63.0 Å². The normalized spacial score (nSPS) is 12.2. The standard InChI is InChI=1S/C24H30N4O2S/c1-23(2,3)17-12-16(13-18(20(17)30)24(4,5)6)19(29)14-31-22-27-26-21(28(22)7)15-8-10-25-11-9-15/h8-13,30H,14H2,1-7H3. The number of thioether (sulfide) groups is 1. The van der Waals surface area contributed by atoms with Crippen LogP contribution in [0.3, 0.4) is 0 Å². The topological polar surface area (TPSA) is 80.9 Å². The lowest BCUT2D eigenvalue weighted by Crippen LogP contribution is -2.19. The molecule has 1 N–H and O–H groups in total. The van der Waals surface area contributed by atoms with E-state index in [0.717, 1.165) is 22.5 Å². The first-order valence-corrected chi connectivity index (χ1v) is 11.2. The molecule has 2 heterocycles. The number of phenols is 1. The fourth-order valence-corrected chi connectivity index (χ4v) is 4.15. The number of pyridine rings is 1. The third kappa shape index (κ3) is 4.98. The van der Waals surface area contributed by atoms with Crippen LogP contribution in [-0.4, -0.2) is 36.4 Å². The summed E-state index contributed by atoms with van der Waals surface area (Å²) in [5.41, 5.74) is 2.54. The van der Waals surface area contributed by atoms with Gasteiger partial charge in [0.1, 0.15) is 5.75 Å². The molecule has 164 valence electrons. The fourth-order valence-electron chi connectivity index (χ4n) is 3.35. The van der Waals surface area contributed by atoms with E-state index in [-0.39, 0.29) is 28.1 Å². The van der Waals surface area contributed by atoms with E-state index in [2.05, 4.69) is 15.2 Å². The first-order chi connectivity index (χ1) is 14.4. The molecule has 0 aliphatic carbocycles. The van der Waals surface area contributed by atoms with E-state index in [1.54, 1.807) is 12.4 Å². The van der Waals surface area contributed by atoms with Gasteiger partial charge in [-0.25, -0.2) is 0 Å². The molecule has 0 bridgehead atoms. The van der Waals surface area contributed by atoms with Gasteiger partial charge in [0.25, 0.3) is 0 Å². The molecule has 3 aromatic rings. The SMILES string of the molecule is Cn1c(SCC(=O)c2cc(C(C)(C)C)c(O)c(C(C)(C)C)c2)nnc1-c1ccncc1. The van der Waals surface area contributed by atoms with Crippen molar-refractivity contribution in [2.45, 2.75) is 57.5 Å². The van der Waals surface area contributed by atoms with Crippen molar-refractivity contribution in [2.75, 3.05) is 5.75 Å². The van der Waals surface area contributed by atoms with Crippen LogP contribution in [0.2, 0.25) is 0 Å². The van der Waals surface area contributed by atoms with Crippen LogP contribution in [0.4, 0.5) is 0 Å². The first-order valence-electron chi connectivity index (χ1n) is 10.2. The van der Waals surface area contributed by atoms with Gasteiger partial charge in [-0.3, -0.25) is 9.78 Å². The van der Waals surface area contributed by atoms with E-state index in [1.165, 1.54) is 11.8 Å². The number of phenolic OH excluding ortho intramolecular Hbond substituents is 1. The molecule has 0 aliphatic heterocycles. The first kappa shape index (κ1) is 23.0. The lowest BCUT2D eigenvalue weighted by atomic mass is 9.78. The third-order valence-corrected chi connectivity index (χ3v) is 6.17. The van der Waals surface area contributed by atoms with Gasteiger partial charge in [0.2, 0.25) is 0 Å². The van der Waals surface area contributed by atoms with Crippen LogP contribution < -0.4 is 0 Å². The van der Waals surface area contributed by atoms with Gasteiger partial charge in [-0.2, -0.15) is 0 Å². The predicted molar refractivity (Wildman–Crippen MR) is 125 cm³/mol. The smallest absolute Gasteiger partial charge is 0.191 e. The molecule has 0 atom stereocenters. The summed E-state index contributed by atoms with van der Waals surface area (Å²) in [6.45, 7) is 12.2. The Morgan fingerprint density at radius 2 is 1.55 bits per heavy atom. The maximum absolute atomic E-state index is 13.1. The zero-order valence-electron chi connectivity index (χ0n) is 19.2. The minimum atomic E-state index is -0.281. The van der Waals surface area contributed by atoms with Gasteiger partial charge in [0.05, 0.1) is 5.75 Å². The number of carbonyl (C=O) groups is 1. The molecular weight excluding hydrogens is 408 g/mol. The van der Waals surface area contributed by atoms with Crippen LogP contribution in [0.15, 0.2) is 41.8 Å². The highest BCUT2D eigenvalue weighted by Gasteiger charge is 2.28. The Kier molecular flexibility index (Phi) is 6.28. The van der Waals surface area contributed by atoms with Gasteiger partial charge in [-0.1, -0.05) is 53.3 Å². The van der Waals surface area contributed by atoms with E-state index in [1.807, 2.05) is 77.4 Å². The van der Waals surface area contributed by atoms with Gasteiger partial charge in [-0.05, 0) is 35.1 Å².